The molecule has 0 spiro atoms. The van der Waals surface area contributed by atoms with Crippen LogP contribution in [0, 0.1) is 5.92 Å². The molecular formula is C15H25N3O. The smallest absolute Gasteiger partial charge is 0.234 e. The Bertz CT molecular complexity index is 415. The van der Waals surface area contributed by atoms with Gasteiger partial charge in [0.05, 0.1) is 5.41 Å². The maximum atomic E-state index is 6.05. The van der Waals surface area contributed by atoms with Gasteiger partial charge in [-0.3, -0.25) is 0 Å². The fourth-order valence-electron chi connectivity index (χ4n) is 3.62. The van der Waals surface area contributed by atoms with Gasteiger partial charge < -0.3 is 10.3 Å². The van der Waals surface area contributed by atoms with Crippen LogP contribution in [0.1, 0.15) is 75.9 Å². The van der Waals surface area contributed by atoms with E-state index in [1.165, 1.54) is 38.5 Å². The third-order valence-corrected chi connectivity index (χ3v) is 5.24. The topological polar surface area (TPSA) is 64.9 Å². The Kier molecular flexibility index (Phi) is 3.61. The van der Waals surface area contributed by atoms with Crippen molar-refractivity contribution in [3.8, 4) is 0 Å². The average Bonchev–Trinajstić information content (AvgIpc) is 3.11. The van der Waals surface area contributed by atoms with E-state index in [-0.39, 0.29) is 5.41 Å². The molecule has 0 aromatic carbocycles. The first kappa shape index (κ1) is 13.1. The quantitative estimate of drug-likeness (QED) is 0.910. The standard InChI is InChI=1S/C15H25N3O/c1-11-6-8-15(10-16,9-7-11)14-17-13(18-19-14)12-4-2-3-5-12/h11-12H,2-10,16H2,1H3. The maximum Gasteiger partial charge on any atom is 0.234 e. The van der Waals surface area contributed by atoms with E-state index in [0.717, 1.165) is 30.5 Å². The molecule has 3 rings (SSSR count). The number of hydrogen-bond acceptors (Lipinski definition) is 4. The van der Waals surface area contributed by atoms with Gasteiger partial charge in [-0.2, -0.15) is 4.98 Å². The summed E-state index contributed by atoms with van der Waals surface area (Å²) >= 11 is 0. The Hall–Kier alpha value is -0.900. The summed E-state index contributed by atoms with van der Waals surface area (Å²) < 4.78 is 5.60. The van der Waals surface area contributed by atoms with Crippen molar-refractivity contribution in [3.63, 3.8) is 0 Å². The van der Waals surface area contributed by atoms with E-state index in [2.05, 4.69) is 12.1 Å². The number of rotatable bonds is 3. The van der Waals surface area contributed by atoms with Gasteiger partial charge in [-0.05, 0) is 44.4 Å². The van der Waals surface area contributed by atoms with Crippen LogP contribution in [0.15, 0.2) is 4.52 Å². The highest BCUT2D eigenvalue weighted by atomic mass is 16.5. The van der Waals surface area contributed by atoms with Crippen LogP contribution >= 0.6 is 0 Å². The van der Waals surface area contributed by atoms with Crippen LogP contribution in [-0.4, -0.2) is 16.7 Å². The second-order valence-electron chi connectivity index (χ2n) is 6.61. The molecule has 1 aromatic rings. The minimum absolute atomic E-state index is 0.0453. The molecule has 0 unspecified atom stereocenters. The van der Waals surface area contributed by atoms with E-state index in [1.807, 2.05) is 0 Å². The van der Waals surface area contributed by atoms with Gasteiger partial charge in [-0.15, -0.1) is 0 Å². The number of nitrogens with zero attached hydrogens (tertiary/aromatic N) is 2. The fraction of sp³-hybridized carbons (Fsp3) is 0.867. The highest BCUT2D eigenvalue weighted by Gasteiger charge is 2.40. The molecule has 0 amide bonds. The Morgan fingerprint density at radius 2 is 1.89 bits per heavy atom. The predicted molar refractivity (Wildman–Crippen MR) is 73.9 cm³/mol. The lowest BCUT2D eigenvalue weighted by Gasteiger charge is -2.35. The molecule has 2 N–H and O–H groups in total. The second kappa shape index (κ2) is 5.23. The van der Waals surface area contributed by atoms with E-state index < -0.39 is 0 Å². The summed E-state index contributed by atoms with van der Waals surface area (Å²) in [6.07, 6.45) is 9.66. The summed E-state index contributed by atoms with van der Waals surface area (Å²) in [6.45, 7) is 2.95. The molecule has 0 bridgehead atoms. The van der Waals surface area contributed by atoms with E-state index in [1.54, 1.807) is 0 Å². The van der Waals surface area contributed by atoms with Crippen LogP contribution in [0.2, 0.25) is 0 Å². The van der Waals surface area contributed by atoms with Gasteiger partial charge in [0.1, 0.15) is 0 Å². The highest BCUT2D eigenvalue weighted by molar-refractivity contribution is 5.10. The van der Waals surface area contributed by atoms with Crippen molar-refractivity contribution in [2.75, 3.05) is 6.54 Å². The van der Waals surface area contributed by atoms with Crippen molar-refractivity contribution in [2.45, 2.75) is 69.6 Å². The zero-order valence-electron chi connectivity index (χ0n) is 11.9. The Morgan fingerprint density at radius 3 is 2.53 bits per heavy atom. The normalized spacial score (nSPS) is 32.8. The first-order chi connectivity index (χ1) is 9.23. The van der Waals surface area contributed by atoms with Crippen LogP contribution in [0.4, 0.5) is 0 Å². The highest BCUT2D eigenvalue weighted by Crippen LogP contribution is 2.41. The van der Waals surface area contributed by atoms with Gasteiger partial charge in [0, 0.05) is 12.5 Å². The molecule has 106 valence electrons. The third-order valence-electron chi connectivity index (χ3n) is 5.24. The minimum atomic E-state index is -0.0453. The van der Waals surface area contributed by atoms with Gasteiger partial charge in [-0.1, -0.05) is 24.9 Å². The van der Waals surface area contributed by atoms with Crippen LogP contribution in [0.25, 0.3) is 0 Å². The van der Waals surface area contributed by atoms with Crippen LogP contribution < -0.4 is 5.73 Å². The Balaban J connectivity index is 1.79. The molecule has 2 aliphatic rings. The number of hydrogen-bond donors (Lipinski definition) is 1. The summed E-state index contributed by atoms with van der Waals surface area (Å²) in [4.78, 5) is 4.73. The average molecular weight is 263 g/mol. The molecule has 1 heterocycles. The molecule has 0 radical (unpaired) electrons. The van der Waals surface area contributed by atoms with E-state index >= 15 is 0 Å². The first-order valence-electron chi connectivity index (χ1n) is 7.78. The van der Waals surface area contributed by atoms with Crippen molar-refractivity contribution in [2.24, 2.45) is 11.7 Å². The molecule has 0 aliphatic heterocycles. The molecule has 4 heteroatoms. The van der Waals surface area contributed by atoms with Gasteiger partial charge in [-0.25, -0.2) is 0 Å². The van der Waals surface area contributed by atoms with Gasteiger partial charge in [0.2, 0.25) is 5.89 Å². The summed E-state index contributed by atoms with van der Waals surface area (Å²) in [5.74, 6) is 3.06. The zero-order chi connectivity index (χ0) is 13.3. The van der Waals surface area contributed by atoms with Crippen LogP contribution in [0.5, 0.6) is 0 Å². The van der Waals surface area contributed by atoms with Gasteiger partial charge in [0.15, 0.2) is 5.82 Å². The second-order valence-corrected chi connectivity index (χ2v) is 6.61. The molecule has 2 saturated carbocycles. The van der Waals surface area contributed by atoms with E-state index in [0.29, 0.717) is 12.5 Å². The lowest BCUT2D eigenvalue weighted by molar-refractivity contribution is 0.191. The molecule has 2 fully saturated rings. The van der Waals surface area contributed by atoms with Crippen molar-refractivity contribution in [1.82, 2.24) is 10.1 Å². The van der Waals surface area contributed by atoms with Crippen LogP contribution in [-0.2, 0) is 5.41 Å². The number of nitrogens with two attached hydrogens (primary N) is 1. The summed E-state index contributed by atoms with van der Waals surface area (Å²) in [6, 6.07) is 0. The SMILES string of the molecule is CC1CCC(CN)(c2nc(C3CCCC3)no2)CC1. The van der Waals surface area contributed by atoms with E-state index in [4.69, 9.17) is 15.2 Å². The largest absolute Gasteiger partial charge is 0.339 e. The monoisotopic (exact) mass is 263 g/mol. The summed E-state index contributed by atoms with van der Waals surface area (Å²) in [7, 11) is 0. The first-order valence-corrected chi connectivity index (χ1v) is 7.78. The lowest BCUT2D eigenvalue weighted by Crippen LogP contribution is -2.39. The minimum Gasteiger partial charge on any atom is -0.339 e. The predicted octanol–water partition coefficient (Wildman–Crippen LogP) is 3.13. The molecule has 19 heavy (non-hydrogen) atoms. The van der Waals surface area contributed by atoms with Crippen molar-refractivity contribution < 1.29 is 4.52 Å². The third kappa shape index (κ3) is 2.42. The molecule has 1 aromatic heterocycles. The Morgan fingerprint density at radius 1 is 1.21 bits per heavy atom. The van der Waals surface area contributed by atoms with E-state index in [9.17, 15) is 0 Å². The Labute approximate surface area is 115 Å². The zero-order valence-corrected chi connectivity index (χ0v) is 11.9. The molecular weight excluding hydrogens is 238 g/mol. The van der Waals surface area contributed by atoms with Crippen molar-refractivity contribution in [1.29, 1.82) is 0 Å². The molecule has 4 nitrogen and oxygen atoms in total. The van der Waals surface area contributed by atoms with Crippen LogP contribution in [0.3, 0.4) is 0 Å². The fourth-order valence-corrected chi connectivity index (χ4v) is 3.62. The van der Waals surface area contributed by atoms with Gasteiger partial charge in [0.25, 0.3) is 0 Å². The maximum absolute atomic E-state index is 6.05. The van der Waals surface area contributed by atoms with Gasteiger partial charge >= 0.3 is 0 Å². The molecule has 0 atom stereocenters. The molecule has 2 aliphatic carbocycles. The lowest BCUT2D eigenvalue weighted by atomic mass is 9.71. The summed E-state index contributed by atoms with van der Waals surface area (Å²) in [5, 5.41) is 4.24. The molecule has 0 saturated heterocycles. The van der Waals surface area contributed by atoms with Crippen molar-refractivity contribution in [3.05, 3.63) is 11.7 Å². The summed E-state index contributed by atoms with van der Waals surface area (Å²) in [5.41, 5.74) is 6.01. The number of aromatic nitrogens is 2. The van der Waals surface area contributed by atoms with Crippen molar-refractivity contribution >= 4 is 0 Å².